The third kappa shape index (κ3) is 4.92. The molecule has 174 valence electrons. The minimum absolute atomic E-state index is 0.000932. The summed E-state index contributed by atoms with van der Waals surface area (Å²) in [6.45, 7) is 8.34. The van der Waals surface area contributed by atoms with E-state index >= 15 is 0 Å². The number of carbonyl (C=O) groups is 1. The van der Waals surface area contributed by atoms with Crippen LogP contribution in [0.4, 0.5) is 18.0 Å². The topological polar surface area (TPSA) is 61.5 Å². The Hall–Kier alpha value is -2.55. The van der Waals surface area contributed by atoms with E-state index in [2.05, 4.69) is 10.2 Å². The van der Waals surface area contributed by atoms with Gasteiger partial charge in [0.15, 0.2) is 0 Å². The standard InChI is InChI=1S/C23H29F3N4O2/c1-15-10-20(28-27-15)18-11-17(16-4-6-19(7-5-16)23(24,25)26)12-30(13-18)21(31)29-8-9-32-22(2,3)14-29/h4-7,10,17-18H,8-9,11-14H2,1-3H3,(H,27,28). The second-order valence-corrected chi connectivity index (χ2v) is 9.44. The van der Waals surface area contributed by atoms with E-state index in [1.54, 1.807) is 0 Å². The van der Waals surface area contributed by atoms with Gasteiger partial charge in [-0.25, -0.2) is 4.79 Å². The van der Waals surface area contributed by atoms with E-state index in [1.165, 1.54) is 12.1 Å². The predicted octanol–water partition coefficient (Wildman–Crippen LogP) is 4.54. The fourth-order valence-corrected chi connectivity index (χ4v) is 4.68. The monoisotopic (exact) mass is 450 g/mol. The second-order valence-electron chi connectivity index (χ2n) is 9.44. The van der Waals surface area contributed by atoms with Gasteiger partial charge < -0.3 is 14.5 Å². The first-order chi connectivity index (χ1) is 15.0. The van der Waals surface area contributed by atoms with Crippen molar-refractivity contribution in [2.75, 3.05) is 32.8 Å². The summed E-state index contributed by atoms with van der Waals surface area (Å²) in [5, 5.41) is 7.36. The summed E-state index contributed by atoms with van der Waals surface area (Å²) in [5.41, 5.74) is 1.54. The lowest BCUT2D eigenvalue weighted by Crippen LogP contribution is -2.56. The van der Waals surface area contributed by atoms with Gasteiger partial charge in [0, 0.05) is 37.2 Å². The smallest absolute Gasteiger partial charge is 0.372 e. The molecule has 2 saturated heterocycles. The maximum atomic E-state index is 13.4. The van der Waals surface area contributed by atoms with Crippen molar-refractivity contribution < 1.29 is 22.7 Å². The molecule has 1 aromatic heterocycles. The molecule has 2 amide bonds. The van der Waals surface area contributed by atoms with Crippen molar-refractivity contribution in [3.05, 3.63) is 52.8 Å². The van der Waals surface area contributed by atoms with Crippen LogP contribution in [0.5, 0.6) is 0 Å². The van der Waals surface area contributed by atoms with Gasteiger partial charge in [0.25, 0.3) is 0 Å². The van der Waals surface area contributed by atoms with Crippen LogP contribution in [0.15, 0.2) is 30.3 Å². The van der Waals surface area contributed by atoms with Crippen molar-refractivity contribution in [1.82, 2.24) is 20.0 Å². The highest BCUT2D eigenvalue weighted by Crippen LogP contribution is 2.37. The minimum atomic E-state index is -4.37. The lowest BCUT2D eigenvalue weighted by Gasteiger charge is -2.43. The van der Waals surface area contributed by atoms with Gasteiger partial charge in [0.05, 0.1) is 30.0 Å². The average molecular weight is 451 g/mol. The average Bonchev–Trinajstić information content (AvgIpc) is 3.18. The molecule has 2 fully saturated rings. The zero-order valence-corrected chi connectivity index (χ0v) is 18.6. The lowest BCUT2D eigenvalue weighted by molar-refractivity contribution is -0.137. The van der Waals surface area contributed by atoms with Crippen LogP contribution >= 0.6 is 0 Å². The SMILES string of the molecule is Cc1cc(C2CC(c3ccc(C(F)(F)F)cc3)CN(C(=O)N3CCOC(C)(C)C3)C2)n[nH]1. The Morgan fingerprint density at radius 2 is 1.84 bits per heavy atom. The van der Waals surface area contributed by atoms with Crippen LogP contribution in [0, 0.1) is 6.92 Å². The van der Waals surface area contributed by atoms with Crippen LogP contribution < -0.4 is 0 Å². The molecule has 2 aliphatic heterocycles. The van der Waals surface area contributed by atoms with Gasteiger partial charge in [-0.1, -0.05) is 12.1 Å². The summed E-state index contributed by atoms with van der Waals surface area (Å²) in [7, 11) is 0. The summed E-state index contributed by atoms with van der Waals surface area (Å²) >= 11 is 0. The number of hydrogen-bond acceptors (Lipinski definition) is 3. The van der Waals surface area contributed by atoms with Gasteiger partial charge in [0.2, 0.25) is 0 Å². The van der Waals surface area contributed by atoms with Crippen molar-refractivity contribution in [3.63, 3.8) is 0 Å². The van der Waals surface area contributed by atoms with E-state index in [4.69, 9.17) is 4.74 Å². The number of urea groups is 1. The van der Waals surface area contributed by atoms with E-state index in [9.17, 15) is 18.0 Å². The molecule has 0 aliphatic carbocycles. The van der Waals surface area contributed by atoms with Gasteiger partial charge in [-0.05, 0) is 51.0 Å². The van der Waals surface area contributed by atoms with Gasteiger partial charge >= 0.3 is 12.2 Å². The van der Waals surface area contributed by atoms with Crippen LogP contribution in [-0.4, -0.2) is 64.4 Å². The second kappa shape index (κ2) is 8.42. The molecular formula is C23H29F3N4O2. The molecule has 1 aromatic carbocycles. The predicted molar refractivity (Wildman–Crippen MR) is 113 cm³/mol. The number of rotatable bonds is 2. The van der Waals surface area contributed by atoms with Crippen molar-refractivity contribution >= 4 is 6.03 Å². The minimum Gasteiger partial charge on any atom is -0.372 e. The van der Waals surface area contributed by atoms with Gasteiger partial charge in [-0.15, -0.1) is 0 Å². The zero-order chi connectivity index (χ0) is 23.1. The number of nitrogens with zero attached hydrogens (tertiary/aromatic N) is 3. The van der Waals surface area contributed by atoms with Crippen LogP contribution in [0.1, 0.15) is 54.6 Å². The number of benzene rings is 1. The highest BCUT2D eigenvalue weighted by atomic mass is 19.4. The number of amides is 2. The Morgan fingerprint density at radius 3 is 2.44 bits per heavy atom. The molecule has 2 atom stereocenters. The molecule has 4 rings (SSSR count). The van der Waals surface area contributed by atoms with Gasteiger partial charge in [0.1, 0.15) is 0 Å². The summed E-state index contributed by atoms with van der Waals surface area (Å²) in [6.07, 6.45) is -3.65. The Bertz CT molecular complexity index is 955. The first-order valence-corrected chi connectivity index (χ1v) is 10.9. The summed E-state index contributed by atoms with van der Waals surface area (Å²) in [5.74, 6) is -0.0787. The lowest BCUT2D eigenvalue weighted by atomic mass is 9.83. The highest BCUT2D eigenvalue weighted by molar-refractivity contribution is 5.75. The molecule has 6 nitrogen and oxygen atoms in total. The first kappa shape index (κ1) is 22.6. The zero-order valence-electron chi connectivity index (χ0n) is 18.6. The quantitative estimate of drug-likeness (QED) is 0.731. The summed E-state index contributed by atoms with van der Waals surface area (Å²) in [6, 6.07) is 7.22. The summed E-state index contributed by atoms with van der Waals surface area (Å²) < 4.78 is 44.7. The number of piperidine rings is 1. The highest BCUT2D eigenvalue weighted by Gasteiger charge is 2.38. The Balaban J connectivity index is 1.58. The molecule has 1 N–H and O–H groups in total. The molecule has 2 aromatic rings. The molecule has 0 spiro atoms. The van der Waals surface area contributed by atoms with Crippen molar-refractivity contribution in [3.8, 4) is 0 Å². The van der Waals surface area contributed by atoms with Crippen molar-refractivity contribution in [2.24, 2.45) is 0 Å². The van der Waals surface area contributed by atoms with E-state index in [0.717, 1.165) is 29.1 Å². The number of morpholine rings is 1. The molecule has 9 heteroatoms. The maximum Gasteiger partial charge on any atom is 0.416 e. The molecule has 32 heavy (non-hydrogen) atoms. The number of aromatic nitrogens is 2. The Labute approximate surface area is 185 Å². The molecule has 0 saturated carbocycles. The number of aryl methyl sites for hydroxylation is 1. The molecule has 0 radical (unpaired) electrons. The molecule has 3 heterocycles. The van der Waals surface area contributed by atoms with E-state index in [0.29, 0.717) is 39.2 Å². The first-order valence-electron chi connectivity index (χ1n) is 10.9. The maximum absolute atomic E-state index is 13.4. The molecule has 2 unspecified atom stereocenters. The number of likely N-dealkylation sites (tertiary alicyclic amines) is 1. The van der Waals surface area contributed by atoms with Gasteiger partial charge in [-0.3, -0.25) is 5.10 Å². The van der Waals surface area contributed by atoms with Crippen LogP contribution in [0.2, 0.25) is 0 Å². The summed E-state index contributed by atoms with van der Waals surface area (Å²) in [4.78, 5) is 17.0. The largest absolute Gasteiger partial charge is 0.416 e. The van der Waals surface area contributed by atoms with Gasteiger partial charge in [-0.2, -0.15) is 18.3 Å². The Morgan fingerprint density at radius 1 is 1.16 bits per heavy atom. The number of ether oxygens (including phenoxy) is 1. The van der Waals surface area contributed by atoms with Crippen molar-refractivity contribution in [2.45, 2.75) is 50.8 Å². The number of nitrogens with one attached hydrogen (secondary N) is 1. The molecule has 0 bridgehead atoms. The Kier molecular flexibility index (Phi) is 5.96. The number of hydrogen-bond donors (Lipinski definition) is 1. The normalized spacial score (nSPS) is 23.9. The fourth-order valence-electron chi connectivity index (χ4n) is 4.68. The number of H-pyrrole nitrogens is 1. The number of carbonyl (C=O) groups excluding carboxylic acids is 1. The van der Waals surface area contributed by atoms with Crippen LogP contribution in [0.3, 0.4) is 0 Å². The van der Waals surface area contributed by atoms with Crippen molar-refractivity contribution in [1.29, 1.82) is 0 Å². The van der Waals surface area contributed by atoms with E-state index in [1.807, 2.05) is 36.6 Å². The third-order valence-electron chi connectivity index (χ3n) is 6.27. The fraction of sp³-hybridized carbons (Fsp3) is 0.565. The number of alkyl halides is 3. The number of halogens is 3. The number of aromatic amines is 1. The third-order valence-corrected chi connectivity index (χ3v) is 6.27. The van der Waals surface area contributed by atoms with Crippen LogP contribution in [-0.2, 0) is 10.9 Å². The van der Waals surface area contributed by atoms with E-state index < -0.39 is 17.3 Å². The molecule has 2 aliphatic rings. The molecular weight excluding hydrogens is 421 g/mol. The van der Waals surface area contributed by atoms with E-state index in [-0.39, 0.29) is 17.9 Å². The van der Waals surface area contributed by atoms with Crippen LogP contribution in [0.25, 0.3) is 0 Å².